The Hall–Kier alpha value is -1.40. The number of ether oxygens (including phenoxy) is 1. The summed E-state index contributed by atoms with van der Waals surface area (Å²) in [4.78, 5) is 0.405. The highest BCUT2D eigenvalue weighted by atomic mass is 35.5. The highest BCUT2D eigenvalue weighted by Gasteiger charge is 2.37. The van der Waals surface area contributed by atoms with Crippen LogP contribution < -0.4 is 0 Å². The van der Waals surface area contributed by atoms with Gasteiger partial charge in [-0.1, -0.05) is 35.9 Å². The molecule has 2 aliphatic rings. The SMILES string of the molecule is O=S(=O)(c1ccc2c(c1)CCCC2)N1CC(OCc2ccccc2Cl)C1. The fourth-order valence-electron chi connectivity index (χ4n) is 3.54. The molecule has 1 heterocycles. The van der Waals surface area contributed by atoms with Crippen molar-refractivity contribution in [2.45, 2.75) is 43.3 Å². The molecule has 4 nitrogen and oxygen atoms in total. The molecule has 1 fully saturated rings. The molecule has 0 amide bonds. The molecule has 1 saturated heterocycles. The maximum absolute atomic E-state index is 12.8. The lowest BCUT2D eigenvalue weighted by molar-refractivity contribution is -0.0295. The largest absolute Gasteiger partial charge is 0.371 e. The number of benzene rings is 2. The van der Waals surface area contributed by atoms with Crippen molar-refractivity contribution in [1.82, 2.24) is 4.31 Å². The van der Waals surface area contributed by atoms with Crippen molar-refractivity contribution >= 4 is 21.6 Å². The first-order valence-corrected chi connectivity index (χ1v) is 10.8. The van der Waals surface area contributed by atoms with E-state index in [-0.39, 0.29) is 6.10 Å². The molecule has 26 heavy (non-hydrogen) atoms. The van der Waals surface area contributed by atoms with E-state index in [1.54, 1.807) is 6.07 Å². The molecule has 0 aromatic heterocycles. The monoisotopic (exact) mass is 391 g/mol. The number of hydrogen-bond acceptors (Lipinski definition) is 3. The maximum Gasteiger partial charge on any atom is 0.243 e. The summed E-state index contributed by atoms with van der Waals surface area (Å²) in [5.41, 5.74) is 3.40. The maximum atomic E-state index is 12.8. The molecule has 4 rings (SSSR count). The summed E-state index contributed by atoms with van der Waals surface area (Å²) >= 11 is 6.12. The third-order valence-corrected chi connectivity index (χ3v) is 7.40. The summed E-state index contributed by atoms with van der Waals surface area (Å²) in [5, 5.41) is 0.672. The van der Waals surface area contributed by atoms with Gasteiger partial charge in [-0.15, -0.1) is 0 Å². The van der Waals surface area contributed by atoms with E-state index in [1.165, 1.54) is 21.9 Å². The second kappa shape index (κ2) is 7.31. The molecule has 6 heteroatoms. The fourth-order valence-corrected chi connectivity index (χ4v) is 5.29. The summed E-state index contributed by atoms with van der Waals surface area (Å²) in [7, 11) is -3.43. The summed E-state index contributed by atoms with van der Waals surface area (Å²) < 4.78 is 32.9. The minimum absolute atomic E-state index is 0.0846. The molecule has 0 atom stereocenters. The van der Waals surface area contributed by atoms with E-state index in [0.29, 0.717) is 29.6 Å². The second-order valence-corrected chi connectivity index (χ2v) is 9.33. The second-order valence-electron chi connectivity index (χ2n) is 6.98. The van der Waals surface area contributed by atoms with Gasteiger partial charge in [-0.3, -0.25) is 0 Å². The van der Waals surface area contributed by atoms with Gasteiger partial charge in [-0.05, 0) is 60.6 Å². The van der Waals surface area contributed by atoms with Gasteiger partial charge in [0.15, 0.2) is 0 Å². The molecule has 1 aliphatic heterocycles. The topological polar surface area (TPSA) is 46.6 Å². The Morgan fingerprint density at radius 3 is 2.54 bits per heavy atom. The number of aryl methyl sites for hydroxylation is 2. The molecule has 0 saturated carbocycles. The van der Waals surface area contributed by atoms with Crippen LogP contribution in [0.2, 0.25) is 5.02 Å². The van der Waals surface area contributed by atoms with Crippen LogP contribution in [0.15, 0.2) is 47.4 Å². The number of rotatable bonds is 5. The van der Waals surface area contributed by atoms with Crippen LogP contribution in [0.25, 0.3) is 0 Å². The average molecular weight is 392 g/mol. The Labute approximate surface area is 159 Å². The van der Waals surface area contributed by atoms with Gasteiger partial charge in [-0.2, -0.15) is 4.31 Å². The minimum Gasteiger partial charge on any atom is -0.371 e. The van der Waals surface area contributed by atoms with Crippen molar-refractivity contribution in [3.63, 3.8) is 0 Å². The molecule has 1 aliphatic carbocycles. The molecular formula is C20H22ClNO3S. The molecule has 0 N–H and O–H groups in total. The van der Waals surface area contributed by atoms with Gasteiger partial charge in [0.05, 0.1) is 17.6 Å². The lowest BCUT2D eigenvalue weighted by Gasteiger charge is -2.37. The van der Waals surface area contributed by atoms with Crippen LogP contribution in [0.3, 0.4) is 0 Å². The Morgan fingerprint density at radius 2 is 1.77 bits per heavy atom. The van der Waals surface area contributed by atoms with E-state index in [4.69, 9.17) is 16.3 Å². The zero-order valence-electron chi connectivity index (χ0n) is 14.5. The number of sulfonamides is 1. The van der Waals surface area contributed by atoms with Crippen molar-refractivity contribution in [3.05, 3.63) is 64.2 Å². The van der Waals surface area contributed by atoms with Crippen LogP contribution in [0.5, 0.6) is 0 Å². The summed E-state index contributed by atoms with van der Waals surface area (Å²) in [6.45, 7) is 1.19. The first kappa shape index (κ1) is 18.0. The van der Waals surface area contributed by atoms with Crippen molar-refractivity contribution in [1.29, 1.82) is 0 Å². The molecule has 2 aromatic rings. The van der Waals surface area contributed by atoms with E-state index in [0.717, 1.165) is 24.8 Å². The van der Waals surface area contributed by atoms with Crippen molar-refractivity contribution < 1.29 is 13.2 Å². The Balaban J connectivity index is 1.38. The number of fused-ring (bicyclic) bond motifs is 1. The Morgan fingerprint density at radius 1 is 1.04 bits per heavy atom. The first-order chi connectivity index (χ1) is 12.5. The van der Waals surface area contributed by atoms with Gasteiger partial charge in [0.25, 0.3) is 0 Å². The van der Waals surface area contributed by atoms with Crippen LogP contribution in [-0.4, -0.2) is 31.9 Å². The molecule has 2 aromatic carbocycles. The van der Waals surface area contributed by atoms with E-state index in [9.17, 15) is 8.42 Å². The van der Waals surface area contributed by atoms with Gasteiger partial charge >= 0.3 is 0 Å². The normalized spacial score (nSPS) is 18.3. The number of nitrogens with zero attached hydrogens (tertiary/aromatic N) is 1. The van der Waals surface area contributed by atoms with Gasteiger partial charge in [0.1, 0.15) is 0 Å². The van der Waals surface area contributed by atoms with Gasteiger partial charge in [0, 0.05) is 18.1 Å². The van der Waals surface area contributed by atoms with Crippen LogP contribution in [0.1, 0.15) is 29.5 Å². The predicted molar refractivity (Wildman–Crippen MR) is 102 cm³/mol. The van der Waals surface area contributed by atoms with Gasteiger partial charge < -0.3 is 4.74 Å². The molecular weight excluding hydrogens is 370 g/mol. The van der Waals surface area contributed by atoms with E-state index >= 15 is 0 Å². The smallest absolute Gasteiger partial charge is 0.243 e. The van der Waals surface area contributed by atoms with Crippen molar-refractivity contribution in [2.24, 2.45) is 0 Å². The van der Waals surface area contributed by atoms with Crippen molar-refractivity contribution in [2.75, 3.05) is 13.1 Å². The van der Waals surface area contributed by atoms with Crippen LogP contribution in [0, 0.1) is 0 Å². The van der Waals surface area contributed by atoms with Crippen molar-refractivity contribution in [3.8, 4) is 0 Å². The zero-order chi connectivity index (χ0) is 18.1. The highest BCUT2D eigenvalue weighted by molar-refractivity contribution is 7.89. The molecule has 0 radical (unpaired) electrons. The fraction of sp³-hybridized carbons (Fsp3) is 0.400. The lowest BCUT2D eigenvalue weighted by atomic mass is 9.92. The van der Waals surface area contributed by atoms with Gasteiger partial charge in [0.2, 0.25) is 10.0 Å². The first-order valence-electron chi connectivity index (χ1n) is 9.01. The van der Waals surface area contributed by atoms with Gasteiger partial charge in [-0.25, -0.2) is 8.42 Å². The van der Waals surface area contributed by atoms with E-state index < -0.39 is 10.0 Å². The molecule has 138 valence electrons. The van der Waals surface area contributed by atoms with Crippen LogP contribution in [0.4, 0.5) is 0 Å². The number of hydrogen-bond donors (Lipinski definition) is 0. The molecule has 0 spiro atoms. The predicted octanol–water partition coefficient (Wildman–Crippen LogP) is 3.81. The molecule has 0 unspecified atom stereocenters. The van der Waals surface area contributed by atoms with E-state index in [2.05, 4.69) is 0 Å². The summed E-state index contributed by atoms with van der Waals surface area (Å²) in [6, 6.07) is 13.1. The minimum atomic E-state index is -3.43. The van der Waals surface area contributed by atoms with Crippen LogP contribution >= 0.6 is 11.6 Å². The lowest BCUT2D eigenvalue weighted by Crippen LogP contribution is -2.54. The molecule has 0 bridgehead atoms. The highest BCUT2D eigenvalue weighted by Crippen LogP contribution is 2.28. The Bertz CT molecular complexity index is 907. The summed E-state index contributed by atoms with van der Waals surface area (Å²) in [6.07, 6.45) is 4.27. The third-order valence-electron chi connectivity index (χ3n) is 5.20. The zero-order valence-corrected chi connectivity index (χ0v) is 16.1. The standard InChI is InChI=1S/C20H22ClNO3S/c21-20-8-4-3-7-17(20)14-25-18-12-22(13-18)26(23,24)19-10-9-15-5-1-2-6-16(15)11-19/h3-4,7-11,18H,1-2,5-6,12-14H2. The summed E-state index contributed by atoms with van der Waals surface area (Å²) in [5.74, 6) is 0. The average Bonchev–Trinajstić information content (AvgIpc) is 2.61. The third kappa shape index (κ3) is 3.54. The van der Waals surface area contributed by atoms with E-state index in [1.807, 2.05) is 36.4 Å². The number of halogens is 1. The Kier molecular flexibility index (Phi) is 5.06. The quantitative estimate of drug-likeness (QED) is 0.778. The van der Waals surface area contributed by atoms with Crippen LogP contribution in [-0.2, 0) is 34.2 Å².